The minimum Gasteiger partial charge on any atom is -0.459 e. The summed E-state index contributed by atoms with van der Waals surface area (Å²) in [5, 5.41) is 2.70. The van der Waals surface area contributed by atoms with Crippen LogP contribution in [-0.2, 0) is 45.0 Å². The summed E-state index contributed by atoms with van der Waals surface area (Å²) in [5.74, 6) is -2.16. The first-order chi connectivity index (χ1) is 24.4. The number of aromatic nitrogens is 3. The molecule has 0 aliphatic heterocycles. The summed E-state index contributed by atoms with van der Waals surface area (Å²) in [7, 11) is 0. The molecule has 0 saturated carbocycles. The van der Waals surface area contributed by atoms with E-state index in [-0.39, 0.29) is 25.9 Å². The molecule has 3 heterocycles. The van der Waals surface area contributed by atoms with Crippen LogP contribution in [0.2, 0.25) is 0 Å². The molecule has 50 heavy (non-hydrogen) atoms. The lowest BCUT2D eigenvalue weighted by atomic mass is 9.98. The first kappa shape index (κ1) is 32.6. The number of rotatable bonds is 12. The fraction of sp³-hybridized carbons (Fsp3) is 0.175. The van der Waals surface area contributed by atoms with Crippen LogP contribution in [0.15, 0.2) is 122 Å². The van der Waals surface area contributed by atoms with Gasteiger partial charge in [0, 0.05) is 57.7 Å². The Morgan fingerprint density at radius 3 is 1.42 bits per heavy atom. The summed E-state index contributed by atoms with van der Waals surface area (Å²) in [6, 6.07) is 28.6. The van der Waals surface area contributed by atoms with Gasteiger partial charge in [-0.1, -0.05) is 84.9 Å². The SMILES string of the molecule is N[C@@H](Cc1c[nH]c2ccccc12)C(=O)N(C(=O)[C@@H](N)Cc1c[nH]c2ccccc12)[C@@H](Cc1c[nH]c2ccccc12)C(=O)OCc1ccccc1. The third-order valence-corrected chi connectivity index (χ3v) is 9.23. The fourth-order valence-corrected chi connectivity index (χ4v) is 6.64. The Morgan fingerprint density at radius 1 is 0.560 bits per heavy atom. The van der Waals surface area contributed by atoms with E-state index in [1.54, 1.807) is 6.20 Å². The fourth-order valence-electron chi connectivity index (χ4n) is 6.64. The number of aromatic amines is 3. The Balaban J connectivity index is 1.25. The number of H-pyrrole nitrogens is 3. The molecule has 7 aromatic rings. The minimum absolute atomic E-state index is 0.00523. The van der Waals surface area contributed by atoms with Crippen molar-refractivity contribution in [3.05, 3.63) is 144 Å². The molecule has 0 bridgehead atoms. The number of nitrogens with zero attached hydrogens (tertiary/aromatic N) is 1. The molecule has 7 N–H and O–H groups in total. The van der Waals surface area contributed by atoms with Crippen molar-refractivity contribution in [3.8, 4) is 0 Å². The summed E-state index contributed by atoms with van der Waals surface area (Å²) in [5.41, 5.74) is 19.1. The van der Waals surface area contributed by atoms with E-state index in [9.17, 15) is 14.4 Å². The number of hydrogen-bond donors (Lipinski definition) is 5. The summed E-state index contributed by atoms with van der Waals surface area (Å²) in [6.45, 7) is -0.0386. The first-order valence-corrected chi connectivity index (χ1v) is 16.6. The second-order valence-corrected chi connectivity index (χ2v) is 12.6. The molecule has 0 aliphatic carbocycles. The summed E-state index contributed by atoms with van der Waals surface area (Å²) in [4.78, 5) is 54.0. The highest BCUT2D eigenvalue weighted by atomic mass is 16.5. The molecule has 252 valence electrons. The van der Waals surface area contributed by atoms with E-state index in [1.165, 1.54) is 0 Å². The number of carbonyl (C=O) groups is 3. The van der Waals surface area contributed by atoms with Gasteiger partial charge in [0.15, 0.2) is 0 Å². The van der Waals surface area contributed by atoms with E-state index in [1.807, 2.05) is 116 Å². The Bertz CT molecular complexity index is 2190. The molecule has 0 aliphatic rings. The molecule has 0 radical (unpaired) electrons. The number of ether oxygens (including phenoxy) is 1. The molecule has 10 nitrogen and oxygen atoms in total. The van der Waals surface area contributed by atoms with Crippen LogP contribution in [0.5, 0.6) is 0 Å². The van der Waals surface area contributed by atoms with Gasteiger partial charge in [-0.15, -0.1) is 0 Å². The van der Waals surface area contributed by atoms with Gasteiger partial charge in [0.1, 0.15) is 12.6 Å². The normalized spacial score (nSPS) is 13.3. The van der Waals surface area contributed by atoms with Gasteiger partial charge in [-0.25, -0.2) is 4.79 Å². The standard InChI is InChI=1S/C40H38N6O4/c41-32(18-26-21-43-34-15-7-4-12-29(26)34)38(47)46(39(48)33(42)19-27-22-44-35-16-8-5-13-30(27)35)37(40(49)50-24-25-10-2-1-3-11-25)20-28-23-45-36-17-9-6-14-31(28)36/h1-17,21-23,32-33,37,43-45H,18-20,24,41-42H2/t32-,33-,37-/m0/s1. The average Bonchev–Trinajstić information content (AvgIpc) is 3.88. The largest absolute Gasteiger partial charge is 0.459 e. The molecule has 3 aromatic heterocycles. The number of carbonyl (C=O) groups excluding carboxylic acids is 3. The van der Waals surface area contributed by atoms with Crippen LogP contribution in [0.3, 0.4) is 0 Å². The van der Waals surface area contributed by atoms with Gasteiger partial charge in [-0.2, -0.15) is 0 Å². The number of hydrogen-bond acceptors (Lipinski definition) is 6. The number of nitrogens with one attached hydrogen (secondary N) is 3. The zero-order valence-electron chi connectivity index (χ0n) is 27.3. The maximum absolute atomic E-state index is 14.6. The zero-order chi connectivity index (χ0) is 34.6. The van der Waals surface area contributed by atoms with Crippen LogP contribution in [-0.4, -0.2) is 55.8 Å². The lowest BCUT2D eigenvalue weighted by molar-refractivity contribution is -0.163. The molecule has 0 spiro atoms. The predicted octanol–water partition coefficient (Wildman–Crippen LogP) is 5.28. The molecule has 0 unspecified atom stereocenters. The second-order valence-electron chi connectivity index (χ2n) is 12.6. The van der Waals surface area contributed by atoms with Gasteiger partial charge in [0.05, 0.1) is 12.1 Å². The molecule has 10 heteroatoms. The van der Waals surface area contributed by atoms with Gasteiger partial charge in [-0.3, -0.25) is 14.5 Å². The van der Waals surface area contributed by atoms with Gasteiger partial charge >= 0.3 is 5.97 Å². The topological polar surface area (TPSA) is 163 Å². The average molecular weight is 667 g/mol. The summed E-state index contributed by atoms with van der Waals surface area (Å²) in [6.07, 6.45) is 5.66. The van der Waals surface area contributed by atoms with E-state index >= 15 is 0 Å². The van der Waals surface area contributed by atoms with Crippen molar-refractivity contribution in [1.82, 2.24) is 19.9 Å². The molecule has 2 amide bonds. The molecular weight excluding hydrogens is 628 g/mol. The number of para-hydroxylation sites is 3. The Hall–Kier alpha value is -5.97. The molecule has 3 atom stereocenters. The van der Waals surface area contributed by atoms with Crippen LogP contribution in [0.1, 0.15) is 22.3 Å². The highest BCUT2D eigenvalue weighted by molar-refractivity contribution is 6.04. The molecule has 7 rings (SSSR count). The van der Waals surface area contributed by atoms with Crippen molar-refractivity contribution in [2.45, 2.75) is 44.0 Å². The van der Waals surface area contributed by atoms with Crippen molar-refractivity contribution < 1.29 is 19.1 Å². The van der Waals surface area contributed by atoms with E-state index in [0.29, 0.717) is 0 Å². The summed E-state index contributed by atoms with van der Waals surface area (Å²) >= 11 is 0. The zero-order valence-corrected chi connectivity index (χ0v) is 27.3. The van der Waals surface area contributed by atoms with Crippen molar-refractivity contribution in [2.75, 3.05) is 0 Å². The van der Waals surface area contributed by atoms with Gasteiger partial charge < -0.3 is 31.2 Å². The van der Waals surface area contributed by atoms with E-state index in [4.69, 9.17) is 16.2 Å². The van der Waals surface area contributed by atoms with Crippen molar-refractivity contribution in [2.24, 2.45) is 11.5 Å². The van der Waals surface area contributed by atoms with Crippen LogP contribution in [0.25, 0.3) is 32.7 Å². The maximum atomic E-state index is 14.6. The Kier molecular flexibility index (Phi) is 9.28. The smallest absolute Gasteiger partial charge is 0.330 e. The van der Waals surface area contributed by atoms with Crippen molar-refractivity contribution in [1.29, 1.82) is 0 Å². The highest BCUT2D eigenvalue weighted by Gasteiger charge is 2.41. The monoisotopic (exact) mass is 666 g/mol. The number of nitrogens with two attached hydrogens (primary N) is 2. The lowest BCUT2D eigenvalue weighted by Gasteiger charge is -2.32. The molecule has 0 fully saturated rings. The number of esters is 1. The maximum Gasteiger partial charge on any atom is 0.330 e. The highest BCUT2D eigenvalue weighted by Crippen LogP contribution is 2.25. The number of amides is 2. The molecule has 4 aromatic carbocycles. The molecular formula is C40H38N6O4. The summed E-state index contributed by atoms with van der Waals surface area (Å²) < 4.78 is 5.83. The van der Waals surface area contributed by atoms with Gasteiger partial charge in [0.2, 0.25) is 11.8 Å². The molecule has 0 saturated heterocycles. The second kappa shape index (κ2) is 14.3. The van der Waals surface area contributed by atoms with E-state index < -0.39 is 35.9 Å². The van der Waals surface area contributed by atoms with E-state index in [0.717, 1.165) is 59.9 Å². The third kappa shape index (κ3) is 6.67. The van der Waals surface area contributed by atoms with Crippen molar-refractivity contribution >= 4 is 50.5 Å². The Morgan fingerprint density at radius 2 is 0.960 bits per heavy atom. The van der Waals surface area contributed by atoms with Crippen molar-refractivity contribution in [3.63, 3.8) is 0 Å². The van der Waals surface area contributed by atoms with Crippen LogP contribution in [0.4, 0.5) is 0 Å². The lowest BCUT2D eigenvalue weighted by Crippen LogP contribution is -2.59. The van der Waals surface area contributed by atoms with Gasteiger partial charge in [-0.05, 0) is 53.3 Å². The van der Waals surface area contributed by atoms with Crippen LogP contribution >= 0.6 is 0 Å². The van der Waals surface area contributed by atoms with Crippen LogP contribution in [0, 0.1) is 0 Å². The predicted molar refractivity (Wildman–Crippen MR) is 194 cm³/mol. The Labute approximate surface area is 288 Å². The quantitative estimate of drug-likeness (QED) is 0.111. The number of imide groups is 1. The van der Waals surface area contributed by atoms with E-state index in [2.05, 4.69) is 15.0 Å². The number of benzene rings is 4. The minimum atomic E-state index is -1.35. The van der Waals surface area contributed by atoms with Crippen LogP contribution < -0.4 is 11.5 Å². The first-order valence-electron chi connectivity index (χ1n) is 16.6. The number of fused-ring (bicyclic) bond motifs is 3. The van der Waals surface area contributed by atoms with Gasteiger partial charge in [0.25, 0.3) is 0 Å². The third-order valence-electron chi connectivity index (χ3n) is 9.23.